The molecule has 0 saturated carbocycles. The third-order valence-electron chi connectivity index (χ3n) is 5.17. The number of nitrogens with one attached hydrogen (secondary N) is 1. The Labute approximate surface area is 197 Å². The molecule has 1 atom stereocenters. The highest BCUT2D eigenvalue weighted by Crippen LogP contribution is 2.16. The highest BCUT2D eigenvalue weighted by atomic mass is 35.5. The smallest absolute Gasteiger partial charge is 0.242 e. The molecule has 0 fully saturated rings. The summed E-state index contributed by atoms with van der Waals surface area (Å²) in [6, 6.07) is 16.7. The minimum absolute atomic E-state index is 0.0211. The minimum Gasteiger partial charge on any atom is -0.494 e. The summed E-state index contributed by atoms with van der Waals surface area (Å²) in [6.45, 7) is 7.60. The van der Waals surface area contributed by atoms with E-state index in [1.54, 1.807) is 17.0 Å². The fourth-order valence-corrected chi connectivity index (χ4v) is 3.53. The first-order valence-corrected chi connectivity index (χ1v) is 11.8. The molecule has 1 N–H and O–H groups in total. The number of ether oxygens (including phenoxy) is 1. The highest BCUT2D eigenvalue weighted by molar-refractivity contribution is 6.30. The van der Waals surface area contributed by atoms with Crippen LogP contribution in [0.3, 0.4) is 0 Å². The number of hydrogen-bond donors (Lipinski definition) is 1. The van der Waals surface area contributed by atoms with E-state index >= 15 is 0 Å². The molecule has 0 aliphatic heterocycles. The number of rotatable bonds is 13. The van der Waals surface area contributed by atoms with Crippen molar-refractivity contribution in [3.05, 3.63) is 65.2 Å². The van der Waals surface area contributed by atoms with Crippen LogP contribution in [0.2, 0.25) is 5.02 Å². The molecule has 2 rings (SSSR count). The maximum absolute atomic E-state index is 13.1. The van der Waals surface area contributed by atoms with Gasteiger partial charge >= 0.3 is 0 Å². The van der Waals surface area contributed by atoms with Gasteiger partial charge in [0.2, 0.25) is 11.8 Å². The zero-order valence-electron chi connectivity index (χ0n) is 19.4. The second-order valence-corrected chi connectivity index (χ2v) is 8.73. The molecule has 6 heteroatoms. The van der Waals surface area contributed by atoms with Crippen molar-refractivity contribution in [2.45, 2.75) is 52.5 Å². The van der Waals surface area contributed by atoms with E-state index in [-0.39, 0.29) is 11.8 Å². The lowest BCUT2D eigenvalue weighted by molar-refractivity contribution is -0.140. The van der Waals surface area contributed by atoms with Gasteiger partial charge in [-0.15, -0.1) is 0 Å². The number of halogens is 1. The fourth-order valence-electron chi connectivity index (χ4n) is 3.41. The van der Waals surface area contributed by atoms with Crippen molar-refractivity contribution < 1.29 is 14.3 Å². The van der Waals surface area contributed by atoms with E-state index in [0.717, 1.165) is 11.3 Å². The average Bonchev–Trinajstić information content (AvgIpc) is 2.79. The van der Waals surface area contributed by atoms with Gasteiger partial charge in [-0.2, -0.15) is 0 Å². The van der Waals surface area contributed by atoms with Gasteiger partial charge in [0, 0.05) is 24.5 Å². The second kappa shape index (κ2) is 13.8. The molecule has 32 heavy (non-hydrogen) atoms. The molecule has 0 aliphatic rings. The third-order valence-corrected chi connectivity index (χ3v) is 5.42. The summed E-state index contributed by atoms with van der Waals surface area (Å²) in [6.07, 6.45) is 2.19. The molecule has 0 heterocycles. The van der Waals surface area contributed by atoms with Gasteiger partial charge in [0.25, 0.3) is 0 Å². The van der Waals surface area contributed by atoms with Gasteiger partial charge in [-0.3, -0.25) is 9.59 Å². The van der Waals surface area contributed by atoms with Crippen molar-refractivity contribution in [1.29, 1.82) is 0 Å². The SMILES string of the molecule is CC[C@H](C(=O)NCC(C)C)N(CCc1ccccc1)C(=O)CCCOc1ccc(Cl)cc1. The topological polar surface area (TPSA) is 58.6 Å². The van der Waals surface area contributed by atoms with Crippen LogP contribution in [-0.2, 0) is 16.0 Å². The first-order valence-electron chi connectivity index (χ1n) is 11.4. The Morgan fingerprint density at radius 3 is 2.38 bits per heavy atom. The van der Waals surface area contributed by atoms with Crippen LogP contribution in [0, 0.1) is 5.92 Å². The number of carbonyl (C=O) groups excluding carboxylic acids is 2. The monoisotopic (exact) mass is 458 g/mol. The maximum Gasteiger partial charge on any atom is 0.242 e. The molecule has 0 saturated heterocycles. The lowest BCUT2D eigenvalue weighted by atomic mass is 10.1. The molecule has 0 bridgehead atoms. The van der Waals surface area contributed by atoms with Crippen molar-refractivity contribution in [1.82, 2.24) is 10.2 Å². The van der Waals surface area contributed by atoms with E-state index in [1.165, 1.54) is 0 Å². The summed E-state index contributed by atoms with van der Waals surface area (Å²) in [5.74, 6) is 0.976. The number of nitrogens with zero attached hydrogens (tertiary/aromatic N) is 1. The van der Waals surface area contributed by atoms with Crippen LogP contribution < -0.4 is 10.1 Å². The van der Waals surface area contributed by atoms with Crippen molar-refractivity contribution in [3.8, 4) is 5.75 Å². The second-order valence-electron chi connectivity index (χ2n) is 8.29. The Bertz CT molecular complexity index is 825. The van der Waals surface area contributed by atoms with E-state index in [9.17, 15) is 9.59 Å². The Balaban J connectivity index is 1.98. The molecule has 0 spiro atoms. The summed E-state index contributed by atoms with van der Waals surface area (Å²) in [4.78, 5) is 27.7. The van der Waals surface area contributed by atoms with Gasteiger partial charge < -0.3 is 15.0 Å². The summed E-state index contributed by atoms with van der Waals surface area (Å²) in [5, 5.41) is 3.65. The van der Waals surface area contributed by atoms with E-state index in [0.29, 0.717) is 56.3 Å². The molecule has 5 nitrogen and oxygen atoms in total. The number of carbonyl (C=O) groups is 2. The van der Waals surface area contributed by atoms with Gasteiger partial charge in [-0.05, 0) is 55.0 Å². The number of amides is 2. The van der Waals surface area contributed by atoms with Crippen LogP contribution in [0.15, 0.2) is 54.6 Å². The molecule has 0 aliphatic carbocycles. The maximum atomic E-state index is 13.1. The molecule has 174 valence electrons. The molecular formula is C26H35ClN2O3. The number of benzene rings is 2. The molecule has 2 aromatic carbocycles. The fraction of sp³-hybridized carbons (Fsp3) is 0.462. The Morgan fingerprint density at radius 1 is 1.06 bits per heavy atom. The quantitative estimate of drug-likeness (QED) is 0.424. The molecule has 0 aromatic heterocycles. The van der Waals surface area contributed by atoms with Crippen LogP contribution in [0.5, 0.6) is 5.75 Å². The predicted molar refractivity (Wildman–Crippen MR) is 130 cm³/mol. The van der Waals surface area contributed by atoms with E-state index in [4.69, 9.17) is 16.3 Å². The van der Waals surface area contributed by atoms with Gasteiger partial charge in [-0.25, -0.2) is 0 Å². The molecule has 0 unspecified atom stereocenters. The van der Waals surface area contributed by atoms with E-state index in [1.807, 2.05) is 49.4 Å². The Hall–Kier alpha value is -2.53. The van der Waals surface area contributed by atoms with Crippen molar-refractivity contribution in [3.63, 3.8) is 0 Å². The lowest BCUT2D eigenvalue weighted by Gasteiger charge is -2.31. The van der Waals surface area contributed by atoms with Crippen molar-refractivity contribution in [2.75, 3.05) is 19.7 Å². The summed E-state index contributed by atoms with van der Waals surface area (Å²) in [5.41, 5.74) is 1.15. The van der Waals surface area contributed by atoms with Crippen LogP contribution in [0.1, 0.15) is 45.6 Å². The van der Waals surface area contributed by atoms with Gasteiger partial charge in [0.05, 0.1) is 6.61 Å². The summed E-state index contributed by atoms with van der Waals surface area (Å²) in [7, 11) is 0. The molecule has 0 radical (unpaired) electrons. The van der Waals surface area contributed by atoms with E-state index < -0.39 is 6.04 Å². The first kappa shape index (κ1) is 25.7. The first-order chi connectivity index (χ1) is 15.4. The standard InChI is InChI=1S/C26H35ClN2O3/c1-4-24(26(31)28-19-20(2)3)29(17-16-21-9-6-5-7-10-21)25(30)11-8-18-32-23-14-12-22(27)13-15-23/h5-7,9-10,12-15,20,24H,4,8,11,16-19H2,1-3H3,(H,28,31)/t24-/m1/s1. The Morgan fingerprint density at radius 2 is 1.75 bits per heavy atom. The summed E-state index contributed by atoms with van der Waals surface area (Å²) >= 11 is 5.89. The molecular weight excluding hydrogens is 424 g/mol. The predicted octanol–water partition coefficient (Wildman–Crippen LogP) is 5.12. The van der Waals surface area contributed by atoms with E-state index in [2.05, 4.69) is 19.2 Å². The zero-order valence-corrected chi connectivity index (χ0v) is 20.1. The largest absolute Gasteiger partial charge is 0.494 e. The lowest BCUT2D eigenvalue weighted by Crippen LogP contribution is -2.50. The zero-order chi connectivity index (χ0) is 23.3. The van der Waals surface area contributed by atoms with Crippen LogP contribution in [0.25, 0.3) is 0 Å². The van der Waals surface area contributed by atoms with Crippen molar-refractivity contribution >= 4 is 23.4 Å². The number of hydrogen-bond acceptors (Lipinski definition) is 3. The van der Waals surface area contributed by atoms with Gasteiger partial charge in [0.15, 0.2) is 0 Å². The Kier molecular flexibility index (Phi) is 11.1. The minimum atomic E-state index is -0.470. The average molecular weight is 459 g/mol. The van der Waals surface area contributed by atoms with Gasteiger partial charge in [-0.1, -0.05) is 62.7 Å². The van der Waals surface area contributed by atoms with Crippen LogP contribution in [0.4, 0.5) is 0 Å². The van der Waals surface area contributed by atoms with Crippen LogP contribution in [-0.4, -0.2) is 42.5 Å². The molecule has 2 aromatic rings. The van der Waals surface area contributed by atoms with Crippen LogP contribution >= 0.6 is 11.6 Å². The normalized spacial score (nSPS) is 11.8. The van der Waals surface area contributed by atoms with Gasteiger partial charge in [0.1, 0.15) is 11.8 Å². The molecule has 2 amide bonds. The third kappa shape index (κ3) is 8.91. The summed E-state index contributed by atoms with van der Waals surface area (Å²) < 4.78 is 5.71. The highest BCUT2D eigenvalue weighted by Gasteiger charge is 2.27. The van der Waals surface area contributed by atoms with Crippen molar-refractivity contribution in [2.24, 2.45) is 5.92 Å².